The first kappa shape index (κ1) is 16.0. The van der Waals surface area contributed by atoms with E-state index in [9.17, 15) is 9.59 Å². The highest BCUT2D eigenvalue weighted by molar-refractivity contribution is 6.66. The minimum Gasteiger partial charge on any atom is -0.466 e. The van der Waals surface area contributed by atoms with Crippen LogP contribution in [0.3, 0.4) is 0 Å². The average Bonchev–Trinajstić information content (AvgIpc) is 2.39. The van der Waals surface area contributed by atoms with E-state index in [0.717, 1.165) is 6.29 Å². The Balaban J connectivity index is 5.09. The fourth-order valence-electron chi connectivity index (χ4n) is 1.22. The highest BCUT2D eigenvalue weighted by atomic mass is 28.4. The lowest BCUT2D eigenvalue weighted by Gasteiger charge is -2.21. The van der Waals surface area contributed by atoms with Gasteiger partial charge in [-0.2, -0.15) is 0 Å². The first-order chi connectivity index (χ1) is 8.09. The first-order valence-corrected chi connectivity index (χ1v) is 6.78. The maximum absolute atomic E-state index is 11.5. The summed E-state index contributed by atoms with van der Waals surface area (Å²) in [4.78, 5) is 21.8. The Bertz CT molecular complexity index is 276. The van der Waals surface area contributed by atoms with Gasteiger partial charge in [-0.05, 0) is 12.1 Å². The standard InChI is InChI=1S/C10H18O6Si/c1-13-10(12)9(6-5-7-11)8-17(14-2,15-3)16-4/h7-8H,5-6H2,1-4H3. The quantitative estimate of drug-likeness (QED) is 0.274. The third-order valence-corrected chi connectivity index (χ3v) is 4.59. The zero-order valence-electron chi connectivity index (χ0n) is 10.5. The summed E-state index contributed by atoms with van der Waals surface area (Å²) in [7, 11) is 2.59. The summed E-state index contributed by atoms with van der Waals surface area (Å²) in [6.45, 7) is 0. The average molecular weight is 262 g/mol. The smallest absolute Gasteiger partial charge is 0.466 e. The van der Waals surface area contributed by atoms with E-state index in [4.69, 9.17) is 13.3 Å². The summed E-state index contributed by atoms with van der Waals surface area (Å²) in [6, 6.07) is 0. The van der Waals surface area contributed by atoms with Crippen molar-refractivity contribution in [2.24, 2.45) is 0 Å². The summed E-state index contributed by atoms with van der Waals surface area (Å²) < 4.78 is 20.1. The molecule has 0 N–H and O–H groups in total. The molecule has 7 heteroatoms. The number of hydrogen-bond donors (Lipinski definition) is 0. The first-order valence-electron chi connectivity index (χ1n) is 4.98. The molecule has 0 aromatic rings. The van der Waals surface area contributed by atoms with Crippen LogP contribution in [0, 0.1) is 0 Å². The van der Waals surface area contributed by atoms with E-state index in [2.05, 4.69) is 4.74 Å². The molecule has 0 rings (SSSR count). The number of aldehydes is 1. The van der Waals surface area contributed by atoms with Crippen molar-refractivity contribution < 1.29 is 27.6 Å². The van der Waals surface area contributed by atoms with Crippen LogP contribution >= 0.6 is 0 Å². The predicted molar refractivity (Wildman–Crippen MR) is 62.2 cm³/mol. The highest BCUT2D eigenvalue weighted by Gasteiger charge is 2.37. The molecule has 0 aromatic heterocycles. The molecule has 0 aliphatic heterocycles. The van der Waals surface area contributed by atoms with Crippen molar-refractivity contribution in [1.82, 2.24) is 0 Å². The predicted octanol–water partition coefficient (Wildman–Crippen LogP) is 0.482. The highest BCUT2D eigenvalue weighted by Crippen LogP contribution is 2.15. The van der Waals surface area contributed by atoms with Crippen LogP contribution in [0.25, 0.3) is 0 Å². The van der Waals surface area contributed by atoms with Gasteiger partial charge in [0.25, 0.3) is 0 Å². The third kappa shape index (κ3) is 4.78. The SMILES string of the molecule is COC(=O)C(=C[Si](OC)(OC)OC)CCC=O. The van der Waals surface area contributed by atoms with E-state index in [0.29, 0.717) is 5.57 Å². The van der Waals surface area contributed by atoms with Crippen molar-refractivity contribution in [2.75, 3.05) is 28.4 Å². The Morgan fingerprint density at radius 3 is 2.00 bits per heavy atom. The molecule has 0 aliphatic rings. The van der Waals surface area contributed by atoms with Crippen LogP contribution in [-0.4, -0.2) is 49.5 Å². The Labute approximate surface area is 102 Å². The normalized spacial score (nSPS) is 12.4. The number of carbonyl (C=O) groups is 2. The topological polar surface area (TPSA) is 71.1 Å². The Morgan fingerprint density at radius 1 is 1.12 bits per heavy atom. The van der Waals surface area contributed by atoms with Gasteiger partial charge in [0.05, 0.1) is 7.11 Å². The monoisotopic (exact) mass is 262 g/mol. The number of rotatable bonds is 8. The van der Waals surface area contributed by atoms with Crippen LogP contribution in [0.4, 0.5) is 0 Å². The van der Waals surface area contributed by atoms with E-state index < -0.39 is 14.8 Å². The van der Waals surface area contributed by atoms with Gasteiger partial charge in [0.1, 0.15) is 6.29 Å². The second kappa shape index (κ2) is 8.12. The zero-order chi connectivity index (χ0) is 13.3. The van der Waals surface area contributed by atoms with Crippen molar-refractivity contribution >= 4 is 21.1 Å². The Morgan fingerprint density at radius 2 is 1.65 bits per heavy atom. The van der Waals surface area contributed by atoms with E-state index in [-0.39, 0.29) is 12.8 Å². The van der Waals surface area contributed by atoms with Crippen LogP contribution in [0.1, 0.15) is 12.8 Å². The van der Waals surface area contributed by atoms with Gasteiger partial charge < -0.3 is 22.8 Å². The van der Waals surface area contributed by atoms with E-state index >= 15 is 0 Å². The summed E-state index contributed by atoms with van der Waals surface area (Å²) in [5.41, 5.74) is 1.80. The van der Waals surface area contributed by atoms with Crippen LogP contribution < -0.4 is 0 Å². The maximum atomic E-state index is 11.5. The second-order valence-corrected chi connectivity index (χ2v) is 5.80. The van der Waals surface area contributed by atoms with Crippen molar-refractivity contribution in [1.29, 1.82) is 0 Å². The van der Waals surface area contributed by atoms with Gasteiger partial charge in [-0.25, -0.2) is 4.79 Å². The third-order valence-electron chi connectivity index (χ3n) is 2.18. The van der Waals surface area contributed by atoms with Crippen LogP contribution in [0.15, 0.2) is 11.3 Å². The van der Waals surface area contributed by atoms with Gasteiger partial charge in [-0.15, -0.1) is 0 Å². The maximum Gasteiger partial charge on any atom is 0.529 e. The van der Waals surface area contributed by atoms with E-state index in [1.807, 2.05) is 0 Å². The minimum absolute atomic E-state index is 0.225. The number of hydrogen-bond acceptors (Lipinski definition) is 6. The fourth-order valence-corrected chi connectivity index (χ4v) is 2.76. The van der Waals surface area contributed by atoms with Crippen molar-refractivity contribution in [3.63, 3.8) is 0 Å². The van der Waals surface area contributed by atoms with Gasteiger partial charge >= 0.3 is 14.8 Å². The molecular formula is C10H18O6Si. The molecule has 0 aliphatic carbocycles. The summed E-state index contributed by atoms with van der Waals surface area (Å²) in [5.74, 6) is -0.519. The largest absolute Gasteiger partial charge is 0.529 e. The molecule has 0 heterocycles. The minimum atomic E-state index is -2.99. The lowest BCUT2D eigenvalue weighted by Crippen LogP contribution is -2.42. The zero-order valence-corrected chi connectivity index (χ0v) is 11.5. The van der Waals surface area contributed by atoms with E-state index in [1.54, 1.807) is 0 Å². The lowest BCUT2D eigenvalue weighted by atomic mass is 10.2. The Hall–Kier alpha value is -1.02. The van der Waals surface area contributed by atoms with Gasteiger partial charge in [-0.1, -0.05) is 0 Å². The molecular weight excluding hydrogens is 244 g/mol. The second-order valence-electron chi connectivity index (χ2n) is 3.08. The molecule has 17 heavy (non-hydrogen) atoms. The van der Waals surface area contributed by atoms with Crippen molar-refractivity contribution in [2.45, 2.75) is 12.8 Å². The van der Waals surface area contributed by atoms with Crippen molar-refractivity contribution in [3.05, 3.63) is 11.3 Å². The number of ether oxygens (including phenoxy) is 1. The van der Waals surface area contributed by atoms with Gasteiger partial charge in [0, 0.05) is 33.3 Å². The molecule has 0 unspecified atom stereocenters. The molecule has 0 fully saturated rings. The summed E-state index contributed by atoms with van der Waals surface area (Å²) >= 11 is 0. The summed E-state index contributed by atoms with van der Waals surface area (Å²) in [6.07, 6.45) is 1.22. The lowest BCUT2D eigenvalue weighted by molar-refractivity contribution is -0.136. The van der Waals surface area contributed by atoms with Gasteiger partial charge in [0.15, 0.2) is 0 Å². The molecule has 6 nitrogen and oxygen atoms in total. The number of esters is 1. The molecule has 0 atom stereocenters. The Kier molecular flexibility index (Phi) is 7.64. The van der Waals surface area contributed by atoms with Crippen LogP contribution in [-0.2, 0) is 27.6 Å². The van der Waals surface area contributed by atoms with Crippen LogP contribution in [0.2, 0.25) is 0 Å². The molecule has 0 saturated carbocycles. The molecule has 0 saturated heterocycles. The van der Waals surface area contributed by atoms with E-state index in [1.165, 1.54) is 34.1 Å². The molecule has 0 spiro atoms. The van der Waals surface area contributed by atoms with Gasteiger partial charge in [0.2, 0.25) is 0 Å². The van der Waals surface area contributed by atoms with Crippen molar-refractivity contribution in [3.8, 4) is 0 Å². The molecule has 0 aromatic carbocycles. The number of methoxy groups -OCH3 is 1. The molecule has 0 bridgehead atoms. The van der Waals surface area contributed by atoms with Crippen LogP contribution in [0.5, 0.6) is 0 Å². The molecule has 98 valence electrons. The summed E-state index contributed by atoms with van der Waals surface area (Å²) in [5, 5.41) is 0. The fraction of sp³-hybridized carbons (Fsp3) is 0.600. The number of carbonyl (C=O) groups excluding carboxylic acids is 2. The molecule has 0 amide bonds. The van der Waals surface area contributed by atoms with Gasteiger partial charge in [-0.3, -0.25) is 0 Å². The molecule has 0 radical (unpaired) electrons.